The smallest absolute Gasteiger partial charge is 0.224 e. The molecule has 0 radical (unpaired) electrons. The van der Waals surface area contributed by atoms with Crippen LogP contribution in [0.3, 0.4) is 0 Å². The van der Waals surface area contributed by atoms with Gasteiger partial charge in [-0.1, -0.05) is 24.4 Å². The zero-order valence-electron chi connectivity index (χ0n) is 12.5. The van der Waals surface area contributed by atoms with Crippen LogP contribution in [0, 0.1) is 5.92 Å². The van der Waals surface area contributed by atoms with E-state index in [0.717, 1.165) is 51.1 Å². The predicted octanol–water partition coefficient (Wildman–Crippen LogP) is 2.69. The number of nitrogens with one attached hydrogen (secondary N) is 1. The first kappa shape index (κ1) is 14.9. The van der Waals surface area contributed by atoms with Gasteiger partial charge in [0.15, 0.2) is 5.82 Å². The predicted molar refractivity (Wildman–Crippen MR) is 84.9 cm³/mol. The molecule has 2 aliphatic rings. The molecule has 0 aromatic carbocycles. The summed E-state index contributed by atoms with van der Waals surface area (Å²) in [6.45, 7) is 4.43. The number of hydrogen-bond donors (Lipinski definition) is 2. The lowest BCUT2D eigenvalue weighted by atomic mass is 9.71. The lowest BCUT2D eigenvalue weighted by Gasteiger charge is -2.47. The van der Waals surface area contributed by atoms with Gasteiger partial charge in [-0.15, -0.1) is 0 Å². The maximum atomic E-state index is 10.8. The molecule has 0 bridgehead atoms. The Kier molecular flexibility index (Phi) is 4.22. The minimum absolute atomic E-state index is 0.327. The summed E-state index contributed by atoms with van der Waals surface area (Å²) in [5, 5.41) is 14.5. The summed E-state index contributed by atoms with van der Waals surface area (Å²) in [5.41, 5.74) is -0.473. The molecule has 0 spiro atoms. The standard InChI is InChI=1S/C15H23ClN4O/c1-2-17-14-18-9-12(16)13(19-14)20-8-7-15(21)6-4-3-5-11(15)10-20/h9,11,21H,2-8,10H2,1H3,(H,17,18,19). The molecule has 1 aliphatic carbocycles. The van der Waals surface area contributed by atoms with E-state index in [1.165, 1.54) is 6.42 Å². The number of fused-ring (bicyclic) bond motifs is 1. The van der Waals surface area contributed by atoms with Crippen molar-refractivity contribution >= 4 is 23.4 Å². The molecule has 116 valence electrons. The van der Waals surface area contributed by atoms with Crippen molar-refractivity contribution in [2.45, 2.75) is 44.6 Å². The van der Waals surface area contributed by atoms with Gasteiger partial charge in [0.1, 0.15) is 5.02 Å². The summed E-state index contributed by atoms with van der Waals surface area (Å²) >= 11 is 6.28. The van der Waals surface area contributed by atoms with Crippen LogP contribution in [-0.2, 0) is 0 Å². The van der Waals surface area contributed by atoms with Crippen molar-refractivity contribution in [3.05, 3.63) is 11.2 Å². The zero-order valence-corrected chi connectivity index (χ0v) is 13.2. The quantitative estimate of drug-likeness (QED) is 0.899. The molecule has 5 nitrogen and oxygen atoms in total. The largest absolute Gasteiger partial charge is 0.389 e. The van der Waals surface area contributed by atoms with Crippen LogP contribution < -0.4 is 10.2 Å². The molecule has 1 saturated carbocycles. The Morgan fingerprint density at radius 3 is 3.14 bits per heavy atom. The maximum Gasteiger partial charge on any atom is 0.224 e. The summed E-state index contributed by atoms with van der Waals surface area (Å²) in [6.07, 6.45) is 6.84. The highest BCUT2D eigenvalue weighted by Crippen LogP contribution is 2.41. The van der Waals surface area contributed by atoms with E-state index in [4.69, 9.17) is 11.6 Å². The van der Waals surface area contributed by atoms with Crippen LogP contribution in [0.2, 0.25) is 5.02 Å². The van der Waals surface area contributed by atoms with Crippen molar-refractivity contribution in [2.75, 3.05) is 29.9 Å². The Morgan fingerprint density at radius 2 is 2.33 bits per heavy atom. The van der Waals surface area contributed by atoms with Crippen molar-refractivity contribution in [1.29, 1.82) is 0 Å². The maximum absolute atomic E-state index is 10.8. The van der Waals surface area contributed by atoms with Crippen LogP contribution >= 0.6 is 11.6 Å². The number of anilines is 2. The Labute approximate surface area is 130 Å². The average Bonchev–Trinajstić information content (AvgIpc) is 2.49. The first-order chi connectivity index (χ1) is 10.1. The van der Waals surface area contributed by atoms with E-state index in [1.54, 1.807) is 6.20 Å². The molecule has 21 heavy (non-hydrogen) atoms. The van der Waals surface area contributed by atoms with Gasteiger partial charge in [0, 0.05) is 25.6 Å². The molecule has 6 heteroatoms. The second-order valence-corrected chi connectivity index (χ2v) is 6.54. The monoisotopic (exact) mass is 310 g/mol. The fourth-order valence-electron chi connectivity index (χ4n) is 3.59. The molecule has 1 aromatic heterocycles. The average molecular weight is 311 g/mol. The first-order valence-corrected chi connectivity index (χ1v) is 8.24. The Bertz CT molecular complexity index is 512. The Balaban J connectivity index is 1.80. The number of rotatable bonds is 3. The summed E-state index contributed by atoms with van der Waals surface area (Å²) < 4.78 is 0. The fourth-order valence-corrected chi connectivity index (χ4v) is 3.80. The second-order valence-electron chi connectivity index (χ2n) is 6.14. The number of piperidine rings is 1. The third-order valence-electron chi connectivity index (χ3n) is 4.79. The lowest BCUT2D eigenvalue weighted by molar-refractivity contribution is -0.0613. The summed E-state index contributed by atoms with van der Waals surface area (Å²) in [6, 6.07) is 0. The number of nitrogens with zero attached hydrogens (tertiary/aromatic N) is 3. The molecular weight excluding hydrogens is 288 g/mol. The van der Waals surface area contributed by atoms with Crippen LogP contribution in [0.15, 0.2) is 6.20 Å². The summed E-state index contributed by atoms with van der Waals surface area (Å²) in [4.78, 5) is 10.9. The van der Waals surface area contributed by atoms with Gasteiger partial charge in [-0.2, -0.15) is 4.98 Å². The molecule has 2 fully saturated rings. The van der Waals surface area contributed by atoms with E-state index in [-0.39, 0.29) is 0 Å². The normalized spacial score (nSPS) is 29.1. The fraction of sp³-hybridized carbons (Fsp3) is 0.733. The molecule has 2 N–H and O–H groups in total. The van der Waals surface area contributed by atoms with Gasteiger partial charge in [0.25, 0.3) is 0 Å². The Hall–Kier alpha value is -1.07. The van der Waals surface area contributed by atoms with E-state index in [9.17, 15) is 5.11 Å². The molecule has 0 amide bonds. The van der Waals surface area contributed by atoms with Crippen LogP contribution in [0.5, 0.6) is 0 Å². The molecule has 2 atom stereocenters. The van der Waals surface area contributed by atoms with Crippen LogP contribution in [0.4, 0.5) is 11.8 Å². The zero-order chi connectivity index (χ0) is 14.9. The Morgan fingerprint density at radius 1 is 1.48 bits per heavy atom. The molecule has 2 unspecified atom stereocenters. The molecule has 1 aliphatic heterocycles. The minimum atomic E-state index is -0.473. The number of halogens is 1. The van der Waals surface area contributed by atoms with Crippen LogP contribution in [-0.4, -0.2) is 40.3 Å². The van der Waals surface area contributed by atoms with Gasteiger partial charge in [-0.05, 0) is 26.2 Å². The van der Waals surface area contributed by atoms with Gasteiger partial charge >= 0.3 is 0 Å². The third-order valence-corrected chi connectivity index (χ3v) is 5.05. The van der Waals surface area contributed by atoms with Gasteiger partial charge in [0.05, 0.1) is 11.8 Å². The second kappa shape index (κ2) is 5.97. The van der Waals surface area contributed by atoms with Gasteiger partial charge in [-0.3, -0.25) is 0 Å². The van der Waals surface area contributed by atoms with E-state index < -0.39 is 5.60 Å². The molecule has 2 heterocycles. The van der Waals surface area contributed by atoms with Gasteiger partial charge < -0.3 is 15.3 Å². The van der Waals surface area contributed by atoms with E-state index >= 15 is 0 Å². The van der Waals surface area contributed by atoms with Crippen molar-refractivity contribution < 1.29 is 5.11 Å². The van der Waals surface area contributed by atoms with Gasteiger partial charge in [0.2, 0.25) is 5.95 Å². The first-order valence-electron chi connectivity index (χ1n) is 7.86. The van der Waals surface area contributed by atoms with Gasteiger partial charge in [-0.25, -0.2) is 4.98 Å². The number of aliphatic hydroxyl groups is 1. The van der Waals surface area contributed by atoms with E-state index in [2.05, 4.69) is 20.2 Å². The summed E-state index contributed by atoms with van der Waals surface area (Å²) in [7, 11) is 0. The minimum Gasteiger partial charge on any atom is -0.389 e. The van der Waals surface area contributed by atoms with Crippen molar-refractivity contribution in [3.8, 4) is 0 Å². The highest BCUT2D eigenvalue weighted by molar-refractivity contribution is 6.32. The molecule has 3 rings (SSSR count). The topological polar surface area (TPSA) is 61.3 Å². The lowest BCUT2D eigenvalue weighted by Crippen LogP contribution is -2.53. The highest BCUT2D eigenvalue weighted by Gasteiger charge is 2.43. The molecular formula is C15H23ClN4O. The third kappa shape index (κ3) is 2.94. The molecule has 1 aromatic rings. The van der Waals surface area contributed by atoms with Crippen molar-refractivity contribution in [3.63, 3.8) is 0 Å². The van der Waals surface area contributed by atoms with Crippen LogP contribution in [0.1, 0.15) is 39.0 Å². The van der Waals surface area contributed by atoms with Crippen LogP contribution in [0.25, 0.3) is 0 Å². The highest BCUT2D eigenvalue weighted by atomic mass is 35.5. The summed E-state index contributed by atoms with van der Waals surface area (Å²) in [5.74, 6) is 1.73. The number of aromatic nitrogens is 2. The molecule has 1 saturated heterocycles. The SMILES string of the molecule is CCNc1ncc(Cl)c(N2CCC3(O)CCCCC3C2)n1. The number of hydrogen-bond acceptors (Lipinski definition) is 5. The van der Waals surface area contributed by atoms with Crippen molar-refractivity contribution in [1.82, 2.24) is 9.97 Å². The van der Waals surface area contributed by atoms with E-state index in [0.29, 0.717) is 16.9 Å². The van der Waals surface area contributed by atoms with E-state index in [1.807, 2.05) is 6.92 Å². The van der Waals surface area contributed by atoms with Crippen molar-refractivity contribution in [2.24, 2.45) is 5.92 Å².